The molecule has 1 saturated carbocycles. The van der Waals surface area contributed by atoms with Crippen LogP contribution in [0.3, 0.4) is 0 Å². The van der Waals surface area contributed by atoms with Crippen LogP contribution >= 0.6 is 0 Å². The van der Waals surface area contributed by atoms with Crippen molar-refractivity contribution in [3.8, 4) is 11.3 Å². The monoisotopic (exact) mass is 239 g/mol. The molecule has 1 aromatic carbocycles. The SMILES string of the molecule is c1ccc(-c2ccnc(CCNC3CC3)n2)cc1. The van der Waals surface area contributed by atoms with E-state index in [0.29, 0.717) is 0 Å². The lowest BCUT2D eigenvalue weighted by Gasteiger charge is -2.04. The molecule has 1 N–H and O–H groups in total. The van der Waals surface area contributed by atoms with Crippen molar-refractivity contribution in [3.05, 3.63) is 48.4 Å². The van der Waals surface area contributed by atoms with E-state index in [1.807, 2.05) is 30.5 Å². The van der Waals surface area contributed by atoms with Crippen LogP contribution in [0.4, 0.5) is 0 Å². The molecule has 3 nitrogen and oxygen atoms in total. The van der Waals surface area contributed by atoms with Crippen LogP contribution < -0.4 is 5.32 Å². The molecule has 1 heterocycles. The fourth-order valence-electron chi connectivity index (χ4n) is 1.96. The zero-order valence-corrected chi connectivity index (χ0v) is 10.3. The molecular formula is C15H17N3. The Bertz CT molecular complexity index is 506. The van der Waals surface area contributed by atoms with E-state index in [2.05, 4.69) is 27.4 Å². The Morgan fingerprint density at radius 3 is 2.72 bits per heavy atom. The van der Waals surface area contributed by atoms with E-state index in [9.17, 15) is 0 Å². The van der Waals surface area contributed by atoms with Gasteiger partial charge in [-0.2, -0.15) is 0 Å². The smallest absolute Gasteiger partial charge is 0.130 e. The number of nitrogens with one attached hydrogen (secondary N) is 1. The van der Waals surface area contributed by atoms with Gasteiger partial charge >= 0.3 is 0 Å². The highest BCUT2D eigenvalue weighted by Gasteiger charge is 2.19. The molecule has 0 unspecified atom stereocenters. The maximum Gasteiger partial charge on any atom is 0.130 e. The van der Waals surface area contributed by atoms with Crippen LogP contribution in [-0.4, -0.2) is 22.6 Å². The molecule has 18 heavy (non-hydrogen) atoms. The molecule has 0 amide bonds. The van der Waals surface area contributed by atoms with E-state index < -0.39 is 0 Å². The lowest BCUT2D eigenvalue weighted by atomic mass is 10.1. The van der Waals surface area contributed by atoms with Crippen LogP contribution in [0.15, 0.2) is 42.6 Å². The van der Waals surface area contributed by atoms with E-state index >= 15 is 0 Å². The van der Waals surface area contributed by atoms with Crippen LogP contribution in [0.5, 0.6) is 0 Å². The third kappa shape index (κ3) is 2.93. The average Bonchev–Trinajstić information content (AvgIpc) is 3.24. The Kier molecular flexibility index (Phi) is 3.33. The zero-order chi connectivity index (χ0) is 12.2. The molecule has 0 saturated heterocycles. The van der Waals surface area contributed by atoms with Gasteiger partial charge in [0, 0.05) is 30.8 Å². The van der Waals surface area contributed by atoms with Crippen molar-refractivity contribution in [3.63, 3.8) is 0 Å². The minimum absolute atomic E-state index is 0.752. The van der Waals surface area contributed by atoms with Gasteiger partial charge < -0.3 is 5.32 Å². The summed E-state index contributed by atoms with van der Waals surface area (Å²) < 4.78 is 0. The molecule has 3 rings (SSSR count). The molecule has 0 spiro atoms. The third-order valence-corrected chi connectivity index (χ3v) is 3.13. The summed E-state index contributed by atoms with van der Waals surface area (Å²) in [5.74, 6) is 0.921. The second kappa shape index (κ2) is 5.27. The first-order chi connectivity index (χ1) is 8.92. The van der Waals surface area contributed by atoms with Gasteiger partial charge in [0.1, 0.15) is 5.82 Å². The Morgan fingerprint density at radius 2 is 1.94 bits per heavy atom. The fraction of sp³-hybridized carbons (Fsp3) is 0.333. The standard InChI is InChI=1S/C15H17N3/c1-2-4-12(5-3-1)14-8-10-17-15(18-14)9-11-16-13-6-7-13/h1-5,8,10,13,16H,6-7,9,11H2. The lowest BCUT2D eigenvalue weighted by molar-refractivity contribution is 0.666. The second-order valence-corrected chi connectivity index (χ2v) is 4.70. The summed E-state index contributed by atoms with van der Waals surface area (Å²) >= 11 is 0. The maximum atomic E-state index is 4.61. The molecule has 0 bridgehead atoms. The summed E-state index contributed by atoms with van der Waals surface area (Å²) in [6, 6.07) is 13.0. The number of aromatic nitrogens is 2. The zero-order valence-electron chi connectivity index (χ0n) is 10.3. The molecule has 1 aliphatic carbocycles. The molecular weight excluding hydrogens is 222 g/mol. The van der Waals surface area contributed by atoms with Crippen LogP contribution in [0.1, 0.15) is 18.7 Å². The molecule has 1 aromatic heterocycles. The third-order valence-electron chi connectivity index (χ3n) is 3.13. The Hall–Kier alpha value is -1.74. The number of hydrogen-bond acceptors (Lipinski definition) is 3. The molecule has 1 aliphatic rings. The summed E-state index contributed by atoms with van der Waals surface area (Å²) in [5.41, 5.74) is 2.16. The number of hydrogen-bond donors (Lipinski definition) is 1. The van der Waals surface area contributed by atoms with Crippen molar-refractivity contribution < 1.29 is 0 Å². The van der Waals surface area contributed by atoms with Crippen molar-refractivity contribution in [2.24, 2.45) is 0 Å². The predicted octanol–water partition coefficient (Wildman–Crippen LogP) is 2.44. The lowest BCUT2D eigenvalue weighted by Crippen LogP contribution is -2.20. The summed E-state index contributed by atoms with van der Waals surface area (Å²) in [6.07, 6.45) is 5.40. The predicted molar refractivity (Wildman–Crippen MR) is 72.2 cm³/mol. The van der Waals surface area contributed by atoms with E-state index in [4.69, 9.17) is 0 Å². The number of rotatable bonds is 5. The van der Waals surface area contributed by atoms with E-state index in [1.54, 1.807) is 0 Å². The molecule has 0 radical (unpaired) electrons. The summed E-state index contributed by atoms with van der Waals surface area (Å²) in [5, 5.41) is 3.48. The maximum absolute atomic E-state index is 4.61. The average molecular weight is 239 g/mol. The van der Waals surface area contributed by atoms with E-state index in [0.717, 1.165) is 36.1 Å². The molecule has 0 atom stereocenters. The van der Waals surface area contributed by atoms with Crippen molar-refractivity contribution in [2.45, 2.75) is 25.3 Å². The van der Waals surface area contributed by atoms with Crippen molar-refractivity contribution in [2.75, 3.05) is 6.54 Å². The minimum Gasteiger partial charge on any atom is -0.314 e. The molecule has 3 heteroatoms. The molecule has 2 aromatic rings. The van der Waals surface area contributed by atoms with Crippen LogP contribution in [0.2, 0.25) is 0 Å². The highest BCUT2D eigenvalue weighted by Crippen LogP contribution is 2.18. The van der Waals surface area contributed by atoms with Gasteiger partial charge in [0.25, 0.3) is 0 Å². The van der Waals surface area contributed by atoms with Gasteiger partial charge in [-0.1, -0.05) is 30.3 Å². The van der Waals surface area contributed by atoms with Gasteiger partial charge in [0.05, 0.1) is 5.69 Å². The van der Waals surface area contributed by atoms with Crippen molar-refractivity contribution in [1.29, 1.82) is 0 Å². The Labute approximate surface area is 107 Å². The summed E-state index contributed by atoms with van der Waals surface area (Å²) in [4.78, 5) is 8.94. The van der Waals surface area contributed by atoms with Crippen molar-refractivity contribution in [1.82, 2.24) is 15.3 Å². The number of nitrogens with zero attached hydrogens (tertiary/aromatic N) is 2. The second-order valence-electron chi connectivity index (χ2n) is 4.70. The topological polar surface area (TPSA) is 37.8 Å². The minimum atomic E-state index is 0.752. The first kappa shape index (κ1) is 11.4. The van der Waals surface area contributed by atoms with E-state index in [1.165, 1.54) is 12.8 Å². The van der Waals surface area contributed by atoms with Gasteiger partial charge in [-0.3, -0.25) is 0 Å². The summed E-state index contributed by atoms with van der Waals surface area (Å²) in [7, 11) is 0. The first-order valence-corrected chi connectivity index (χ1v) is 6.52. The highest BCUT2D eigenvalue weighted by atomic mass is 15.0. The normalized spacial score (nSPS) is 14.7. The Balaban J connectivity index is 1.68. The fourth-order valence-corrected chi connectivity index (χ4v) is 1.96. The largest absolute Gasteiger partial charge is 0.314 e. The summed E-state index contributed by atoms with van der Waals surface area (Å²) in [6.45, 7) is 0.975. The van der Waals surface area contributed by atoms with Crippen LogP contribution in [0.25, 0.3) is 11.3 Å². The van der Waals surface area contributed by atoms with Gasteiger partial charge in [0.2, 0.25) is 0 Å². The van der Waals surface area contributed by atoms with Crippen LogP contribution in [0, 0.1) is 0 Å². The van der Waals surface area contributed by atoms with Gasteiger partial charge in [-0.05, 0) is 18.9 Å². The van der Waals surface area contributed by atoms with Crippen LogP contribution in [-0.2, 0) is 6.42 Å². The van der Waals surface area contributed by atoms with E-state index in [-0.39, 0.29) is 0 Å². The van der Waals surface area contributed by atoms with Gasteiger partial charge in [0.15, 0.2) is 0 Å². The van der Waals surface area contributed by atoms with Gasteiger partial charge in [-0.25, -0.2) is 9.97 Å². The number of benzene rings is 1. The highest BCUT2D eigenvalue weighted by molar-refractivity contribution is 5.58. The van der Waals surface area contributed by atoms with Gasteiger partial charge in [-0.15, -0.1) is 0 Å². The first-order valence-electron chi connectivity index (χ1n) is 6.52. The molecule has 0 aliphatic heterocycles. The Morgan fingerprint density at radius 1 is 1.11 bits per heavy atom. The molecule has 1 fully saturated rings. The quantitative estimate of drug-likeness (QED) is 0.871. The molecule has 92 valence electrons. The van der Waals surface area contributed by atoms with Crippen molar-refractivity contribution >= 4 is 0 Å².